The molecular weight excluding hydrogens is 367 g/mol. The van der Waals surface area contributed by atoms with Gasteiger partial charge in [-0.25, -0.2) is 0 Å². The number of hydrogen-bond acceptors (Lipinski definition) is 0. The number of halogens is 1. The third-order valence-corrected chi connectivity index (χ3v) is 15.4. The minimum absolute atomic E-state index is 0. The molecule has 4 atom stereocenters. The summed E-state index contributed by atoms with van der Waals surface area (Å²) in [6.07, 6.45) is 21.9. The van der Waals surface area contributed by atoms with Gasteiger partial charge in [0.25, 0.3) is 0 Å². The maximum absolute atomic E-state index is 2.47. The van der Waals surface area contributed by atoms with Crippen LogP contribution in [-0.2, 0) is 6.16 Å². The van der Waals surface area contributed by atoms with Crippen LogP contribution in [0.3, 0.4) is 0 Å². The van der Waals surface area contributed by atoms with Crippen LogP contribution >= 0.6 is 7.26 Å². The molecule has 0 nitrogen and oxygen atoms in total. The maximum Gasteiger partial charge on any atom is 0.0851 e. The zero-order valence-corrected chi connectivity index (χ0v) is 18.6. The fourth-order valence-electron chi connectivity index (χ4n) is 8.09. The first kappa shape index (κ1) is 20.2. The van der Waals surface area contributed by atoms with Crippen molar-refractivity contribution < 1.29 is 12.4 Å². The highest BCUT2D eigenvalue weighted by Gasteiger charge is 2.68. The Bertz CT molecular complexity index is 572. The van der Waals surface area contributed by atoms with Gasteiger partial charge in [0.15, 0.2) is 0 Å². The van der Waals surface area contributed by atoms with Gasteiger partial charge in [-0.3, -0.25) is 0 Å². The summed E-state index contributed by atoms with van der Waals surface area (Å²) in [4.78, 5) is 0. The van der Waals surface area contributed by atoms with Gasteiger partial charge < -0.3 is 12.4 Å². The van der Waals surface area contributed by atoms with Crippen LogP contribution in [-0.4, -0.2) is 17.0 Å². The second kappa shape index (κ2) is 8.75. The van der Waals surface area contributed by atoms with Gasteiger partial charge in [-0.1, -0.05) is 49.6 Å². The minimum atomic E-state index is -0.907. The smallest absolute Gasteiger partial charge is 0.0851 e. The highest BCUT2D eigenvalue weighted by atomic mass is 35.5. The third kappa shape index (κ3) is 3.53. The Hall–Kier alpha value is -0.0600. The largest absolute Gasteiger partial charge is 1.00 e. The molecule has 150 valence electrons. The van der Waals surface area contributed by atoms with Gasteiger partial charge in [-0.05, 0) is 69.8 Å². The van der Waals surface area contributed by atoms with E-state index in [0.717, 1.165) is 28.8 Å². The van der Waals surface area contributed by atoms with Gasteiger partial charge in [-0.15, -0.1) is 0 Å². The Morgan fingerprint density at radius 1 is 0.630 bits per heavy atom. The molecule has 0 aromatic heterocycles. The Labute approximate surface area is 174 Å². The van der Waals surface area contributed by atoms with Gasteiger partial charge in [0.2, 0.25) is 0 Å². The van der Waals surface area contributed by atoms with E-state index in [1.165, 1.54) is 25.4 Å². The Morgan fingerprint density at radius 2 is 1.15 bits per heavy atom. The second-order valence-corrected chi connectivity index (χ2v) is 14.3. The normalized spacial score (nSPS) is 39.3. The number of benzene rings is 1. The van der Waals surface area contributed by atoms with Crippen LogP contribution in [0.2, 0.25) is 0 Å². The van der Waals surface area contributed by atoms with E-state index in [4.69, 9.17) is 0 Å². The van der Waals surface area contributed by atoms with E-state index in [1.807, 2.05) is 0 Å². The molecule has 3 saturated carbocycles. The number of rotatable bonds is 3. The van der Waals surface area contributed by atoms with Crippen LogP contribution in [0.5, 0.6) is 0 Å². The molecule has 4 fully saturated rings. The van der Waals surface area contributed by atoms with Crippen molar-refractivity contribution in [3.8, 4) is 0 Å². The molecule has 0 N–H and O–H groups in total. The van der Waals surface area contributed by atoms with Crippen molar-refractivity contribution in [3.63, 3.8) is 0 Å². The second-order valence-electron chi connectivity index (χ2n) is 9.96. The van der Waals surface area contributed by atoms with Gasteiger partial charge in [0.1, 0.15) is 0 Å². The van der Waals surface area contributed by atoms with E-state index in [9.17, 15) is 0 Å². The van der Waals surface area contributed by atoms with E-state index in [1.54, 1.807) is 69.8 Å². The van der Waals surface area contributed by atoms with E-state index in [0.29, 0.717) is 0 Å². The van der Waals surface area contributed by atoms with Gasteiger partial charge in [0.05, 0.1) is 23.1 Å². The van der Waals surface area contributed by atoms with Crippen molar-refractivity contribution in [2.24, 2.45) is 11.8 Å². The molecule has 27 heavy (non-hydrogen) atoms. The summed E-state index contributed by atoms with van der Waals surface area (Å²) in [5.41, 5.74) is 5.15. The molecule has 4 unspecified atom stereocenters. The molecule has 1 aromatic rings. The minimum Gasteiger partial charge on any atom is -1.00 e. The number of fused-ring (bicyclic) bond motifs is 3. The van der Waals surface area contributed by atoms with Crippen molar-refractivity contribution in [1.82, 2.24) is 0 Å². The molecule has 0 amide bonds. The summed E-state index contributed by atoms with van der Waals surface area (Å²) in [6, 6.07) is 11.8. The zero-order chi connectivity index (χ0) is 17.4. The highest BCUT2D eigenvalue weighted by molar-refractivity contribution is 7.77. The summed E-state index contributed by atoms with van der Waals surface area (Å²) in [5.74, 6) is 2.26. The quantitative estimate of drug-likeness (QED) is 0.642. The lowest BCUT2D eigenvalue weighted by Crippen LogP contribution is -3.00. The lowest BCUT2D eigenvalue weighted by molar-refractivity contribution is -0.00000538. The van der Waals surface area contributed by atoms with E-state index in [-0.39, 0.29) is 12.4 Å². The van der Waals surface area contributed by atoms with Crippen LogP contribution in [0.4, 0.5) is 0 Å². The summed E-state index contributed by atoms with van der Waals surface area (Å²) < 4.78 is 0. The monoisotopic (exact) mass is 404 g/mol. The van der Waals surface area contributed by atoms with Crippen molar-refractivity contribution >= 4 is 7.26 Å². The van der Waals surface area contributed by atoms with Gasteiger partial charge >= 0.3 is 0 Å². The summed E-state index contributed by atoms with van der Waals surface area (Å²) >= 11 is 0. The Morgan fingerprint density at radius 3 is 1.74 bits per heavy atom. The standard InChI is InChI=1S/C25H38P.ClH/c1-3-11-20(12-4-1)19-26(21-13-5-2-6-14-21)24-17-9-7-15-22(24)23-16-8-10-18-25(23)26;/h1,3-4,11-12,21-25H,2,5-10,13-19H2;1H/q+1;/p-1. The van der Waals surface area contributed by atoms with Crippen molar-refractivity contribution in [2.75, 3.05) is 0 Å². The molecule has 5 rings (SSSR count). The van der Waals surface area contributed by atoms with E-state index in [2.05, 4.69) is 30.3 Å². The van der Waals surface area contributed by atoms with Crippen molar-refractivity contribution in [1.29, 1.82) is 0 Å². The third-order valence-electron chi connectivity index (χ3n) is 8.90. The highest BCUT2D eigenvalue weighted by Crippen LogP contribution is 2.85. The molecule has 1 heterocycles. The molecule has 2 heteroatoms. The molecule has 1 aromatic carbocycles. The Balaban J connectivity index is 0.00000180. The predicted octanol–water partition coefficient (Wildman–Crippen LogP) is 4.67. The zero-order valence-electron chi connectivity index (χ0n) is 17.0. The lowest BCUT2D eigenvalue weighted by Gasteiger charge is -2.44. The van der Waals surface area contributed by atoms with Crippen LogP contribution in [0.25, 0.3) is 0 Å². The average molecular weight is 405 g/mol. The molecule has 0 spiro atoms. The lowest BCUT2D eigenvalue weighted by atomic mass is 9.73. The molecule has 1 saturated heterocycles. The van der Waals surface area contributed by atoms with Crippen LogP contribution in [0.15, 0.2) is 30.3 Å². The average Bonchev–Trinajstić information content (AvgIpc) is 3.01. The first-order chi connectivity index (χ1) is 12.9. The topological polar surface area (TPSA) is 0 Å². The van der Waals surface area contributed by atoms with Crippen LogP contribution < -0.4 is 12.4 Å². The van der Waals surface area contributed by atoms with E-state index >= 15 is 0 Å². The summed E-state index contributed by atoms with van der Waals surface area (Å²) in [6.45, 7) is 0. The van der Waals surface area contributed by atoms with Crippen LogP contribution in [0, 0.1) is 11.8 Å². The summed E-state index contributed by atoms with van der Waals surface area (Å²) in [7, 11) is -0.907. The van der Waals surface area contributed by atoms with Crippen molar-refractivity contribution in [3.05, 3.63) is 35.9 Å². The molecule has 0 radical (unpaired) electrons. The number of hydrogen-bond donors (Lipinski definition) is 0. The van der Waals surface area contributed by atoms with Crippen molar-refractivity contribution in [2.45, 2.75) is 107 Å². The predicted molar refractivity (Wildman–Crippen MR) is 115 cm³/mol. The molecular formula is C25H38ClP. The molecule has 0 bridgehead atoms. The molecule has 3 aliphatic carbocycles. The molecule has 4 aliphatic rings. The Kier molecular flexibility index (Phi) is 6.55. The molecule has 1 aliphatic heterocycles. The van der Waals surface area contributed by atoms with Gasteiger partial charge in [-0.2, -0.15) is 0 Å². The fourth-order valence-corrected chi connectivity index (χ4v) is 16.1. The van der Waals surface area contributed by atoms with Crippen LogP contribution in [0.1, 0.15) is 89.0 Å². The first-order valence-corrected chi connectivity index (χ1v) is 14.0. The summed E-state index contributed by atoms with van der Waals surface area (Å²) in [5, 5.41) is 0. The van der Waals surface area contributed by atoms with E-state index < -0.39 is 7.26 Å². The SMILES string of the molecule is [Cl-].c1ccc(C[P+]2(C3CCCCC3)C3CCCCC3C3CCCCC32)cc1. The fraction of sp³-hybridized carbons (Fsp3) is 0.760. The van der Waals surface area contributed by atoms with Gasteiger partial charge in [0, 0.05) is 19.1 Å². The maximum atomic E-state index is 2.47. The first-order valence-electron chi connectivity index (χ1n) is 11.8.